The normalized spacial score (nSPS) is 17.0. The fourth-order valence-electron chi connectivity index (χ4n) is 6.54. The number of fused-ring (bicyclic) bond motifs is 2. The molecule has 2 N–H and O–H groups in total. The molecule has 2 aliphatic rings. The molecule has 2 amide bonds. The van der Waals surface area contributed by atoms with E-state index in [1.165, 1.54) is 11.8 Å². The quantitative estimate of drug-likeness (QED) is 0.163. The van der Waals surface area contributed by atoms with Gasteiger partial charge in [0.1, 0.15) is 23.5 Å². The van der Waals surface area contributed by atoms with Gasteiger partial charge in [0.05, 0.1) is 5.56 Å². The number of carbonyl (C=O) groups excluding carboxylic acids is 2. The van der Waals surface area contributed by atoms with Gasteiger partial charge in [-0.25, -0.2) is 0 Å². The third-order valence-electron chi connectivity index (χ3n) is 8.74. The maximum Gasteiger partial charge on any atom is 0.405 e. The summed E-state index contributed by atoms with van der Waals surface area (Å²) in [5.74, 6) is 0.320. The van der Waals surface area contributed by atoms with Crippen molar-refractivity contribution >= 4 is 23.6 Å². The summed E-state index contributed by atoms with van der Waals surface area (Å²) < 4.78 is 45.7. The number of hydrogen-bond donors (Lipinski definition) is 2. The highest BCUT2D eigenvalue weighted by molar-refractivity contribution is 7.99. The van der Waals surface area contributed by atoms with E-state index in [4.69, 9.17) is 4.74 Å². The molecule has 0 spiro atoms. The third-order valence-corrected chi connectivity index (χ3v) is 9.89. The van der Waals surface area contributed by atoms with Crippen molar-refractivity contribution in [2.24, 2.45) is 0 Å². The summed E-state index contributed by atoms with van der Waals surface area (Å²) in [6, 6.07) is 31.5. The standard InChI is InChI=1S/C37H36F3N3O3S/c38-37(39,40)25-41-35(45)36(29-15-5-8-18-32(29)47-33-19-9-6-16-30(33)36)21-10-11-22-43-23-20-26(24-43)42-34(44)28-14-4-7-17-31(28)46-27-12-2-1-3-13-27/h1-9,12-19,26H,10-11,20-25H2,(H,41,45)(H,42,44). The molecular formula is C37H36F3N3O3S. The van der Waals surface area contributed by atoms with E-state index in [1.54, 1.807) is 12.1 Å². The van der Waals surface area contributed by atoms with E-state index in [0.717, 1.165) is 46.8 Å². The van der Waals surface area contributed by atoms with Crippen LogP contribution in [-0.2, 0) is 10.2 Å². The smallest absolute Gasteiger partial charge is 0.405 e. The van der Waals surface area contributed by atoms with Crippen molar-refractivity contribution in [1.82, 2.24) is 15.5 Å². The average Bonchev–Trinajstić information content (AvgIpc) is 3.52. The van der Waals surface area contributed by atoms with Crippen LogP contribution >= 0.6 is 11.8 Å². The van der Waals surface area contributed by atoms with Crippen molar-refractivity contribution in [2.75, 3.05) is 26.2 Å². The Morgan fingerprint density at radius 3 is 2.19 bits per heavy atom. The summed E-state index contributed by atoms with van der Waals surface area (Å²) in [5, 5.41) is 5.37. The molecule has 6 nitrogen and oxygen atoms in total. The Kier molecular flexibility index (Phi) is 9.89. The predicted octanol–water partition coefficient (Wildman–Crippen LogP) is 7.58. The number of rotatable bonds is 11. The molecule has 1 saturated heterocycles. The molecule has 6 rings (SSSR count). The van der Waals surface area contributed by atoms with E-state index >= 15 is 0 Å². The molecule has 1 atom stereocenters. The minimum atomic E-state index is -4.52. The van der Waals surface area contributed by atoms with Gasteiger partial charge in [0, 0.05) is 28.9 Å². The van der Waals surface area contributed by atoms with Crippen LogP contribution in [0.15, 0.2) is 113 Å². The van der Waals surface area contributed by atoms with Crippen LogP contribution < -0.4 is 15.4 Å². The lowest BCUT2D eigenvalue weighted by Gasteiger charge is -2.39. The van der Waals surface area contributed by atoms with Gasteiger partial charge in [-0.1, -0.05) is 84.9 Å². The summed E-state index contributed by atoms with van der Waals surface area (Å²) in [7, 11) is 0. The van der Waals surface area contributed by atoms with Gasteiger partial charge >= 0.3 is 6.18 Å². The number of likely N-dealkylation sites (tertiary alicyclic amines) is 1. The van der Waals surface area contributed by atoms with E-state index in [0.29, 0.717) is 36.4 Å². The highest BCUT2D eigenvalue weighted by Gasteiger charge is 2.47. The maximum atomic E-state index is 13.9. The molecule has 10 heteroatoms. The summed E-state index contributed by atoms with van der Waals surface area (Å²) in [5.41, 5.74) is 0.711. The topological polar surface area (TPSA) is 70.7 Å². The van der Waals surface area contributed by atoms with Crippen LogP contribution in [0.3, 0.4) is 0 Å². The Hall–Kier alpha value is -4.28. The Morgan fingerprint density at radius 1 is 0.851 bits per heavy atom. The van der Waals surface area contributed by atoms with Crippen LogP contribution in [0.25, 0.3) is 0 Å². The number of para-hydroxylation sites is 2. The average molecular weight is 660 g/mol. The Balaban J connectivity index is 1.09. The second-order valence-corrected chi connectivity index (χ2v) is 13.0. The van der Waals surface area contributed by atoms with Crippen LogP contribution in [0.2, 0.25) is 0 Å². The summed E-state index contributed by atoms with van der Waals surface area (Å²) >= 11 is 1.54. The van der Waals surface area contributed by atoms with E-state index in [1.807, 2.05) is 91.0 Å². The fraction of sp³-hybridized carbons (Fsp3) is 0.297. The number of carbonyl (C=O) groups is 2. The zero-order chi connectivity index (χ0) is 32.9. The van der Waals surface area contributed by atoms with Crippen LogP contribution in [0, 0.1) is 0 Å². The molecule has 0 saturated carbocycles. The van der Waals surface area contributed by atoms with Crippen molar-refractivity contribution in [3.63, 3.8) is 0 Å². The number of benzene rings is 4. The summed E-state index contributed by atoms with van der Waals surface area (Å²) in [6.45, 7) is 0.868. The number of alkyl halides is 3. The molecule has 2 aliphatic heterocycles. The molecule has 47 heavy (non-hydrogen) atoms. The van der Waals surface area contributed by atoms with Crippen molar-refractivity contribution < 1.29 is 27.5 Å². The fourth-order valence-corrected chi connectivity index (χ4v) is 7.77. The Bertz CT molecular complexity index is 1670. The molecular weight excluding hydrogens is 623 g/mol. The number of nitrogens with one attached hydrogen (secondary N) is 2. The molecule has 2 heterocycles. The summed E-state index contributed by atoms with van der Waals surface area (Å²) in [6.07, 6.45) is -1.96. The van der Waals surface area contributed by atoms with E-state index < -0.39 is 24.0 Å². The lowest BCUT2D eigenvalue weighted by atomic mass is 9.69. The van der Waals surface area contributed by atoms with Crippen molar-refractivity contribution in [3.05, 3.63) is 120 Å². The molecule has 4 aromatic carbocycles. The second kappa shape index (κ2) is 14.2. The minimum Gasteiger partial charge on any atom is -0.457 e. The number of hydrogen-bond acceptors (Lipinski definition) is 5. The first-order valence-electron chi connectivity index (χ1n) is 15.8. The predicted molar refractivity (Wildman–Crippen MR) is 176 cm³/mol. The molecule has 0 radical (unpaired) electrons. The first-order valence-corrected chi connectivity index (χ1v) is 16.6. The van der Waals surface area contributed by atoms with Gasteiger partial charge < -0.3 is 20.3 Å². The van der Waals surface area contributed by atoms with Crippen molar-refractivity contribution in [1.29, 1.82) is 0 Å². The van der Waals surface area contributed by atoms with Gasteiger partial charge in [0.25, 0.3) is 5.91 Å². The van der Waals surface area contributed by atoms with Gasteiger partial charge in [-0.05, 0) is 73.3 Å². The number of halogens is 3. The molecule has 0 aromatic heterocycles. The van der Waals surface area contributed by atoms with Gasteiger partial charge in [0.15, 0.2) is 0 Å². The zero-order valence-electron chi connectivity index (χ0n) is 25.8. The monoisotopic (exact) mass is 659 g/mol. The first kappa shape index (κ1) is 32.7. The Morgan fingerprint density at radius 2 is 1.49 bits per heavy atom. The van der Waals surface area contributed by atoms with Crippen LogP contribution in [0.1, 0.15) is 47.2 Å². The van der Waals surface area contributed by atoms with Crippen molar-refractivity contribution in [2.45, 2.75) is 53.1 Å². The highest BCUT2D eigenvalue weighted by Crippen LogP contribution is 2.51. The molecule has 1 fully saturated rings. The largest absolute Gasteiger partial charge is 0.457 e. The van der Waals surface area contributed by atoms with Crippen LogP contribution in [0.4, 0.5) is 13.2 Å². The lowest BCUT2D eigenvalue weighted by Crippen LogP contribution is -2.49. The van der Waals surface area contributed by atoms with E-state index in [9.17, 15) is 22.8 Å². The first-order chi connectivity index (χ1) is 22.7. The summed E-state index contributed by atoms with van der Waals surface area (Å²) in [4.78, 5) is 31.1. The van der Waals surface area contributed by atoms with Gasteiger partial charge in [-0.15, -0.1) is 0 Å². The molecule has 1 unspecified atom stereocenters. The van der Waals surface area contributed by atoms with Crippen molar-refractivity contribution in [3.8, 4) is 11.5 Å². The van der Waals surface area contributed by atoms with Gasteiger partial charge in [-0.2, -0.15) is 13.2 Å². The number of ether oxygens (including phenoxy) is 1. The minimum absolute atomic E-state index is 0.0270. The molecule has 0 aliphatic carbocycles. The zero-order valence-corrected chi connectivity index (χ0v) is 26.6. The Labute approximate surface area is 276 Å². The molecule has 244 valence electrons. The molecule has 0 bridgehead atoms. The van der Waals surface area contributed by atoms with Gasteiger partial charge in [-0.3, -0.25) is 9.59 Å². The van der Waals surface area contributed by atoms with E-state index in [2.05, 4.69) is 15.5 Å². The SMILES string of the molecule is O=C(NC1CCN(CCCCC2(C(=O)NCC(F)(F)F)c3ccccc3Sc3ccccc32)C1)c1ccccc1Oc1ccccc1. The second-order valence-electron chi connectivity index (χ2n) is 11.9. The number of amides is 2. The maximum absolute atomic E-state index is 13.9. The lowest BCUT2D eigenvalue weighted by molar-refractivity contribution is -0.141. The van der Waals surface area contributed by atoms with Gasteiger partial charge in [0.2, 0.25) is 5.91 Å². The van der Waals surface area contributed by atoms with Crippen LogP contribution in [-0.4, -0.2) is 55.1 Å². The number of unbranched alkanes of at least 4 members (excludes halogenated alkanes) is 1. The highest BCUT2D eigenvalue weighted by atomic mass is 32.2. The third kappa shape index (κ3) is 7.49. The number of nitrogens with zero attached hydrogens (tertiary/aromatic N) is 1. The molecule has 4 aromatic rings. The van der Waals surface area contributed by atoms with Crippen LogP contribution in [0.5, 0.6) is 11.5 Å². The van der Waals surface area contributed by atoms with E-state index in [-0.39, 0.29) is 11.9 Å².